The number of benzene rings is 1. The van der Waals surface area contributed by atoms with Gasteiger partial charge in [0.1, 0.15) is 0 Å². The number of nitrogens with zero attached hydrogens (tertiary/aromatic N) is 6. The summed E-state index contributed by atoms with van der Waals surface area (Å²) < 4.78 is 28.1. The molecule has 0 atom stereocenters. The predicted molar refractivity (Wildman–Crippen MR) is 146 cm³/mol. The molecular formula is C28H36N6O2S. The van der Waals surface area contributed by atoms with E-state index in [0.717, 1.165) is 40.5 Å². The average Bonchev–Trinajstić information content (AvgIpc) is 3.66. The Balaban J connectivity index is 1.26. The van der Waals surface area contributed by atoms with Crippen molar-refractivity contribution < 1.29 is 8.42 Å². The Bertz CT molecular complexity index is 1420. The zero-order valence-electron chi connectivity index (χ0n) is 21.6. The first-order valence-corrected chi connectivity index (χ1v) is 15.1. The zero-order valence-corrected chi connectivity index (χ0v) is 22.4. The van der Waals surface area contributed by atoms with Crippen LogP contribution in [-0.2, 0) is 22.9 Å². The van der Waals surface area contributed by atoms with E-state index in [9.17, 15) is 8.42 Å². The van der Waals surface area contributed by atoms with Crippen LogP contribution in [0.25, 0.3) is 16.9 Å². The fourth-order valence-electron chi connectivity index (χ4n) is 4.98. The maximum Gasteiger partial charge on any atom is 0.253 e. The van der Waals surface area contributed by atoms with E-state index >= 15 is 0 Å². The number of hydrogen-bond acceptors (Lipinski definition) is 6. The molecule has 4 heterocycles. The van der Waals surface area contributed by atoms with Crippen LogP contribution in [0.15, 0.2) is 54.9 Å². The normalized spacial score (nSPS) is 14.6. The van der Waals surface area contributed by atoms with Crippen molar-refractivity contribution in [3.8, 4) is 11.3 Å². The third-order valence-corrected chi connectivity index (χ3v) is 8.65. The summed E-state index contributed by atoms with van der Waals surface area (Å²) in [5, 5.41) is 8.89. The fourth-order valence-corrected chi connectivity index (χ4v) is 6.20. The molecule has 0 radical (unpaired) electrons. The molecule has 1 saturated heterocycles. The fraction of sp³-hybridized carbons (Fsp3) is 0.464. The largest absolute Gasteiger partial charge is 0.303 e. The quantitative estimate of drug-likeness (QED) is 0.254. The smallest absolute Gasteiger partial charge is 0.253 e. The van der Waals surface area contributed by atoms with Gasteiger partial charge in [-0.15, -0.1) is 0 Å². The lowest BCUT2D eigenvalue weighted by molar-refractivity contribution is 0.334. The molecule has 0 spiro atoms. The number of rotatable bonds is 12. The Morgan fingerprint density at radius 3 is 2.51 bits per heavy atom. The van der Waals surface area contributed by atoms with E-state index in [1.807, 2.05) is 18.2 Å². The van der Waals surface area contributed by atoms with E-state index in [4.69, 9.17) is 10.1 Å². The summed E-state index contributed by atoms with van der Waals surface area (Å²) >= 11 is 0. The van der Waals surface area contributed by atoms with Gasteiger partial charge in [-0.25, -0.2) is 17.9 Å². The number of unbranched alkanes of at least 4 members (excludes halogenated alkanes) is 2. The molecule has 4 aromatic rings. The van der Waals surface area contributed by atoms with Crippen molar-refractivity contribution in [3.63, 3.8) is 0 Å². The van der Waals surface area contributed by atoms with Crippen LogP contribution in [0.1, 0.15) is 62.4 Å². The molecule has 0 N–H and O–H groups in total. The summed E-state index contributed by atoms with van der Waals surface area (Å²) in [5.74, 6) is 0.824. The van der Waals surface area contributed by atoms with Gasteiger partial charge in [0.2, 0.25) is 0 Å². The second-order valence-corrected chi connectivity index (χ2v) is 11.9. The SMILES string of the molecule is CCCCCS(=O)(=O)n1cc(-c2cccc3nc(Cc4ccc(CCCN5CCCC5)cc4)nn23)cn1. The van der Waals surface area contributed by atoms with Gasteiger partial charge in [-0.2, -0.15) is 14.3 Å². The maximum atomic E-state index is 12.6. The Labute approximate surface area is 219 Å². The van der Waals surface area contributed by atoms with Crippen molar-refractivity contribution in [2.75, 3.05) is 25.4 Å². The third-order valence-electron chi connectivity index (χ3n) is 7.07. The van der Waals surface area contributed by atoms with Crippen molar-refractivity contribution >= 4 is 15.7 Å². The van der Waals surface area contributed by atoms with Gasteiger partial charge >= 0.3 is 0 Å². The van der Waals surface area contributed by atoms with Gasteiger partial charge in [0, 0.05) is 12.0 Å². The molecule has 0 aliphatic carbocycles. The van der Waals surface area contributed by atoms with E-state index in [0.29, 0.717) is 18.4 Å². The number of aryl methyl sites for hydroxylation is 1. The summed E-state index contributed by atoms with van der Waals surface area (Å²) in [7, 11) is -3.46. The zero-order chi connectivity index (χ0) is 25.7. The van der Waals surface area contributed by atoms with Gasteiger partial charge in [0.05, 0.1) is 23.8 Å². The molecule has 3 aromatic heterocycles. The molecule has 5 rings (SSSR count). The van der Waals surface area contributed by atoms with Gasteiger partial charge in [-0.1, -0.05) is 50.1 Å². The van der Waals surface area contributed by atoms with E-state index in [1.54, 1.807) is 16.9 Å². The van der Waals surface area contributed by atoms with Gasteiger partial charge in [0.25, 0.3) is 10.0 Å². The highest BCUT2D eigenvalue weighted by Gasteiger charge is 2.17. The van der Waals surface area contributed by atoms with Gasteiger partial charge in [-0.3, -0.25) is 0 Å². The Morgan fingerprint density at radius 1 is 0.946 bits per heavy atom. The topological polar surface area (TPSA) is 85.4 Å². The van der Waals surface area contributed by atoms with Crippen LogP contribution in [-0.4, -0.2) is 62.5 Å². The predicted octanol–water partition coefficient (Wildman–Crippen LogP) is 4.58. The first-order chi connectivity index (χ1) is 18.0. The minimum atomic E-state index is -3.46. The molecule has 1 aliphatic heterocycles. The lowest BCUT2D eigenvalue weighted by atomic mass is 10.1. The van der Waals surface area contributed by atoms with Crippen LogP contribution in [0.2, 0.25) is 0 Å². The molecule has 9 heteroatoms. The lowest BCUT2D eigenvalue weighted by Crippen LogP contribution is -2.20. The molecular weight excluding hydrogens is 484 g/mol. The third kappa shape index (κ3) is 6.27. The summed E-state index contributed by atoms with van der Waals surface area (Å²) in [4.78, 5) is 7.28. The molecule has 1 aliphatic rings. The van der Waals surface area contributed by atoms with Crippen molar-refractivity contribution in [1.29, 1.82) is 0 Å². The highest BCUT2D eigenvalue weighted by molar-refractivity contribution is 7.89. The van der Waals surface area contributed by atoms with Crippen LogP contribution in [0, 0.1) is 0 Å². The average molecular weight is 521 g/mol. The van der Waals surface area contributed by atoms with Crippen LogP contribution in [0.4, 0.5) is 0 Å². The van der Waals surface area contributed by atoms with Crippen LogP contribution >= 0.6 is 0 Å². The number of likely N-dealkylation sites (tertiary alicyclic amines) is 1. The molecule has 0 bridgehead atoms. The van der Waals surface area contributed by atoms with Gasteiger partial charge in [-0.05, 0) is 75.0 Å². The minimum absolute atomic E-state index is 0.0941. The summed E-state index contributed by atoms with van der Waals surface area (Å²) in [6.07, 6.45) is 11.3. The van der Waals surface area contributed by atoms with Crippen molar-refractivity contribution in [1.82, 2.24) is 28.7 Å². The Kier molecular flexibility index (Phi) is 8.00. The van der Waals surface area contributed by atoms with E-state index in [1.165, 1.54) is 50.0 Å². The van der Waals surface area contributed by atoms with E-state index in [2.05, 4.69) is 41.2 Å². The van der Waals surface area contributed by atoms with Crippen LogP contribution in [0.3, 0.4) is 0 Å². The van der Waals surface area contributed by atoms with Crippen molar-refractivity contribution in [2.45, 2.75) is 58.3 Å². The lowest BCUT2D eigenvalue weighted by Gasteiger charge is -2.13. The molecule has 0 amide bonds. The number of fused-ring (bicyclic) bond motifs is 1. The number of aromatic nitrogens is 5. The Morgan fingerprint density at radius 2 is 1.73 bits per heavy atom. The van der Waals surface area contributed by atoms with Gasteiger partial charge < -0.3 is 4.90 Å². The molecule has 8 nitrogen and oxygen atoms in total. The van der Waals surface area contributed by atoms with Crippen molar-refractivity contribution in [3.05, 3.63) is 71.8 Å². The summed E-state index contributed by atoms with van der Waals surface area (Å²) in [6.45, 7) is 5.76. The molecule has 37 heavy (non-hydrogen) atoms. The molecule has 1 fully saturated rings. The van der Waals surface area contributed by atoms with Gasteiger partial charge in [0.15, 0.2) is 11.5 Å². The highest BCUT2D eigenvalue weighted by atomic mass is 32.2. The summed E-state index contributed by atoms with van der Waals surface area (Å²) in [5.41, 5.74) is 4.73. The first kappa shape index (κ1) is 25.6. The van der Waals surface area contributed by atoms with E-state index < -0.39 is 10.0 Å². The molecule has 1 aromatic carbocycles. The molecule has 196 valence electrons. The van der Waals surface area contributed by atoms with Crippen LogP contribution < -0.4 is 0 Å². The Hall–Kier alpha value is -3.04. The second kappa shape index (κ2) is 11.6. The van der Waals surface area contributed by atoms with Crippen molar-refractivity contribution in [2.24, 2.45) is 0 Å². The first-order valence-electron chi connectivity index (χ1n) is 13.4. The number of hydrogen-bond donors (Lipinski definition) is 0. The highest BCUT2D eigenvalue weighted by Crippen LogP contribution is 2.21. The van der Waals surface area contributed by atoms with Crippen LogP contribution in [0.5, 0.6) is 0 Å². The monoisotopic (exact) mass is 520 g/mol. The maximum absolute atomic E-state index is 12.6. The second-order valence-electron chi connectivity index (χ2n) is 9.98. The molecule has 0 saturated carbocycles. The standard InChI is InChI=1S/C28H36N6O2S/c1-2-3-6-19-37(35,36)33-22-25(21-29-33)26-10-7-11-28-30-27(31-34(26)28)20-24-14-12-23(13-15-24)9-8-18-32-16-4-5-17-32/h7,10-15,21-22H,2-6,8-9,16-20H2,1H3. The number of pyridine rings is 1. The summed E-state index contributed by atoms with van der Waals surface area (Å²) in [6, 6.07) is 14.5. The minimum Gasteiger partial charge on any atom is -0.303 e. The molecule has 0 unspecified atom stereocenters. The van der Waals surface area contributed by atoms with E-state index in [-0.39, 0.29) is 5.75 Å².